The highest BCUT2D eigenvalue weighted by Crippen LogP contribution is 2.44. The lowest BCUT2D eigenvalue weighted by Crippen LogP contribution is -2.43. The number of carboxylic acids is 1. The molecule has 158 valence electrons. The second kappa shape index (κ2) is 8.74. The van der Waals surface area contributed by atoms with Crippen LogP contribution >= 0.6 is 0 Å². The molecule has 3 N–H and O–H groups in total. The molecule has 1 aliphatic rings. The minimum absolute atomic E-state index is 0.0773. The minimum atomic E-state index is -1.42. The number of ether oxygens (including phenoxy) is 1. The van der Waals surface area contributed by atoms with Gasteiger partial charge in [-0.3, -0.25) is 9.59 Å². The molecule has 0 unspecified atom stereocenters. The molecule has 2 atom stereocenters. The largest absolute Gasteiger partial charge is 0.481 e. The second-order valence-electron chi connectivity index (χ2n) is 8.03. The Morgan fingerprint density at radius 3 is 2.03 bits per heavy atom. The van der Waals surface area contributed by atoms with Crippen LogP contribution in [0.25, 0.3) is 11.1 Å². The Labute approximate surface area is 181 Å². The van der Waals surface area contributed by atoms with Crippen molar-refractivity contribution in [2.75, 3.05) is 6.61 Å². The van der Waals surface area contributed by atoms with Crippen molar-refractivity contribution in [2.45, 2.75) is 25.3 Å². The van der Waals surface area contributed by atoms with E-state index in [1.54, 1.807) is 0 Å². The first-order valence-corrected chi connectivity index (χ1v) is 10.3. The predicted octanol–water partition coefficient (Wildman–Crippen LogP) is 3.92. The number of nitrogens with two attached hydrogens (primary N) is 1. The standard InChI is InChI=1S/C26H25NO4/c1-16-10-12-17(13-11-16)14-23(27)24(25(28)29)26(30)31-15-22-20-8-4-2-6-18(20)19-7-3-5-9-21(19)22/h2-13,22-24H,14-15,27H2,1H3,(H,28,29)/t23-,24-/m0/s1. The van der Waals surface area contributed by atoms with Crippen LogP contribution in [0.4, 0.5) is 0 Å². The Bertz CT molecular complexity index is 1060. The van der Waals surface area contributed by atoms with Crippen LogP contribution in [0.5, 0.6) is 0 Å². The summed E-state index contributed by atoms with van der Waals surface area (Å²) < 4.78 is 5.54. The van der Waals surface area contributed by atoms with Crippen molar-refractivity contribution in [1.82, 2.24) is 0 Å². The normalized spacial score (nSPS) is 14.4. The number of aliphatic carboxylic acids is 1. The average Bonchev–Trinajstić information content (AvgIpc) is 3.07. The lowest BCUT2D eigenvalue weighted by molar-refractivity contribution is -0.159. The van der Waals surface area contributed by atoms with Gasteiger partial charge in [0.05, 0.1) is 0 Å². The SMILES string of the molecule is Cc1ccc(C[C@H](N)[C@@H](C(=O)O)C(=O)OCC2c3ccccc3-c3ccccc32)cc1. The molecule has 1 aliphatic carbocycles. The van der Waals surface area contributed by atoms with E-state index in [-0.39, 0.29) is 18.9 Å². The van der Waals surface area contributed by atoms with Gasteiger partial charge in [0.15, 0.2) is 5.92 Å². The summed E-state index contributed by atoms with van der Waals surface area (Å²) in [6.45, 7) is 2.05. The number of carbonyl (C=O) groups excluding carboxylic acids is 1. The van der Waals surface area contributed by atoms with E-state index in [2.05, 4.69) is 0 Å². The van der Waals surface area contributed by atoms with Crippen LogP contribution in [0.1, 0.15) is 28.2 Å². The molecule has 0 aromatic heterocycles. The predicted molar refractivity (Wildman–Crippen MR) is 119 cm³/mol. The smallest absolute Gasteiger partial charge is 0.321 e. The summed E-state index contributed by atoms with van der Waals surface area (Å²) in [4.78, 5) is 24.6. The maximum atomic E-state index is 12.8. The Balaban J connectivity index is 1.49. The number of esters is 1. The first-order chi connectivity index (χ1) is 15.0. The number of aryl methyl sites for hydroxylation is 1. The fourth-order valence-corrected chi connectivity index (χ4v) is 4.27. The van der Waals surface area contributed by atoms with Crippen LogP contribution in [-0.2, 0) is 20.7 Å². The number of benzene rings is 3. The molecule has 0 saturated carbocycles. The number of carbonyl (C=O) groups is 2. The highest BCUT2D eigenvalue weighted by Gasteiger charge is 2.36. The van der Waals surface area contributed by atoms with Crippen molar-refractivity contribution < 1.29 is 19.4 Å². The first kappa shape index (κ1) is 20.8. The zero-order valence-corrected chi connectivity index (χ0v) is 17.3. The molecule has 0 aliphatic heterocycles. The monoisotopic (exact) mass is 415 g/mol. The van der Waals surface area contributed by atoms with Crippen molar-refractivity contribution in [1.29, 1.82) is 0 Å². The molecule has 0 amide bonds. The maximum Gasteiger partial charge on any atom is 0.321 e. The van der Waals surface area contributed by atoms with Gasteiger partial charge in [0.2, 0.25) is 0 Å². The number of hydrogen-bond acceptors (Lipinski definition) is 4. The molecule has 4 rings (SSSR count). The van der Waals surface area contributed by atoms with E-state index in [4.69, 9.17) is 10.5 Å². The third-order valence-electron chi connectivity index (χ3n) is 5.89. The lowest BCUT2D eigenvalue weighted by atomic mass is 9.93. The molecule has 5 nitrogen and oxygen atoms in total. The molecule has 3 aromatic rings. The molecule has 0 saturated heterocycles. The first-order valence-electron chi connectivity index (χ1n) is 10.3. The molecule has 0 radical (unpaired) electrons. The molecule has 3 aromatic carbocycles. The van der Waals surface area contributed by atoms with Crippen LogP contribution in [0, 0.1) is 12.8 Å². The van der Waals surface area contributed by atoms with Gasteiger partial charge in [0.1, 0.15) is 6.61 Å². The summed E-state index contributed by atoms with van der Waals surface area (Å²) in [6.07, 6.45) is 0.279. The number of rotatable bonds is 7. The maximum absolute atomic E-state index is 12.8. The van der Waals surface area contributed by atoms with Gasteiger partial charge in [-0.05, 0) is 41.2 Å². The molecular formula is C26H25NO4. The van der Waals surface area contributed by atoms with Crippen molar-refractivity contribution in [3.8, 4) is 11.1 Å². The van der Waals surface area contributed by atoms with E-state index in [0.29, 0.717) is 0 Å². The Morgan fingerprint density at radius 1 is 0.935 bits per heavy atom. The summed E-state index contributed by atoms with van der Waals surface area (Å²) >= 11 is 0. The van der Waals surface area contributed by atoms with Crippen molar-refractivity contribution in [2.24, 2.45) is 11.7 Å². The van der Waals surface area contributed by atoms with Crippen LogP contribution in [0.15, 0.2) is 72.8 Å². The fourth-order valence-electron chi connectivity index (χ4n) is 4.27. The van der Waals surface area contributed by atoms with Gasteiger partial charge < -0.3 is 15.6 Å². The number of hydrogen-bond donors (Lipinski definition) is 2. The fraction of sp³-hybridized carbons (Fsp3) is 0.231. The minimum Gasteiger partial charge on any atom is -0.481 e. The highest BCUT2D eigenvalue weighted by molar-refractivity contribution is 5.95. The van der Waals surface area contributed by atoms with Gasteiger partial charge in [-0.2, -0.15) is 0 Å². The summed E-state index contributed by atoms with van der Waals surface area (Å²) in [5, 5.41) is 9.66. The van der Waals surface area contributed by atoms with Gasteiger partial charge in [-0.15, -0.1) is 0 Å². The van der Waals surface area contributed by atoms with Crippen LogP contribution in [-0.4, -0.2) is 29.7 Å². The van der Waals surface area contributed by atoms with Crippen LogP contribution in [0.2, 0.25) is 0 Å². The second-order valence-corrected chi connectivity index (χ2v) is 8.03. The quantitative estimate of drug-likeness (QED) is 0.451. The summed E-state index contributed by atoms with van der Waals surface area (Å²) in [6, 6.07) is 22.8. The Morgan fingerprint density at radius 2 is 1.48 bits per heavy atom. The van der Waals surface area contributed by atoms with Gasteiger partial charge >= 0.3 is 11.9 Å². The van der Waals surface area contributed by atoms with Crippen molar-refractivity contribution in [3.63, 3.8) is 0 Å². The van der Waals surface area contributed by atoms with E-state index >= 15 is 0 Å². The Hall–Kier alpha value is -3.44. The van der Waals surface area contributed by atoms with E-state index in [9.17, 15) is 14.7 Å². The van der Waals surface area contributed by atoms with E-state index < -0.39 is 23.9 Å². The van der Waals surface area contributed by atoms with Gasteiger partial charge in [-0.25, -0.2) is 0 Å². The molecule has 0 fully saturated rings. The third-order valence-corrected chi connectivity index (χ3v) is 5.89. The van der Waals surface area contributed by atoms with E-state index in [1.807, 2.05) is 79.7 Å². The molecule has 0 heterocycles. The van der Waals surface area contributed by atoms with Crippen molar-refractivity contribution >= 4 is 11.9 Å². The topological polar surface area (TPSA) is 89.6 Å². The molecular weight excluding hydrogens is 390 g/mol. The molecule has 0 spiro atoms. The zero-order chi connectivity index (χ0) is 22.0. The number of fused-ring (bicyclic) bond motifs is 3. The van der Waals surface area contributed by atoms with Gasteiger partial charge in [0, 0.05) is 12.0 Å². The molecule has 31 heavy (non-hydrogen) atoms. The van der Waals surface area contributed by atoms with Crippen molar-refractivity contribution in [3.05, 3.63) is 95.1 Å². The summed E-state index contributed by atoms with van der Waals surface area (Å²) in [7, 11) is 0. The molecule has 5 heteroatoms. The summed E-state index contributed by atoms with van der Waals surface area (Å²) in [5.74, 6) is -3.61. The Kier molecular flexibility index (Phi) is 5.87. The van der Waals surface area contributed by atoms with Gasteiger partial charge in [0.25, 0.3) is 0 Å². The zero-order valence-electron chi connectivity index (χ0n) is 17.3. The highest BCUT2D eigenvalue weighted by atomic mass is 16.5. The number of carboxylic acid groups (broad SMARTS) is 1. The van der Waals surface area contributed by atoms with Crippen LogP contribution < -0.4 is 5.73 Å². The third kappa shape index (κ3) is 4.23. The lowest BCUT2D eigenvalue weighted by Gasteiger charge is -2.21. The van der Waals surface area contributed by atoms with Gasteiger partial charge in [-0.1, -0.05) is 78.4 Å². The molecule has 0 bridgehead atoms. The van der Waals surface area contributed by atoms with E-state index in [1.165, 1.54) is 0 Å². The van der Waals surface area contributed by atoms with E-state index in [0.717, 1.165) is 33.4 Å². The summed E-state index contributed by atoms with van der Waals surface area (Å²) in [5.41, 5.74) is 12.5. The average molecular weight is 415 g/mol. The van der Waals surface area contributed by atoms with Crippen LogP contribution in [0.3, 0.4) is 0 Å².